The molecule has 4 nitrogen and oxygen atoms in total. The van der Waals surface area contributed by atoms with Crippen molar-refractivity contribution in [2.75, 3.05) is 14.2 Å². The quantitative estimate of drug-likeness (QED) is 0.871. The average Bonchev–Trinajstić information content (AvgIpc) is 2.61. The molecule has 0 radical (unpaired) electrons. The van der Waals surface area contributed by atoms with Crippen LogP contribution in [0.25, 0.3) is 0 Å². The maximum Gasteiger partial charge on any atom is 0.410 e. The van der Waals surface area contributed by atoms with Crippen molar-refractivity contribution in [3.05, 3.63) is 65.2 Å². The Morgan fingerprint density at radius 2 is 1.78 bits per heavy atom. The van der Waals surface area contributed by atoms with Crippen molar-refractivity contribution in [1.29, 1.82) is 0 Å². The SMILES string of the molecule is COC(=O)N1Cc2ccccc2C[C@@H]1Cc1ccc(OC)cc1. The molecule has 1 aliphatic heterocycles. The third kappa shape index (κ3) is 3.31. The lowest BCUT2D eigenvalue weighted by atomic mass is 9.90. The maximum atomic E-state index is 12.2. The standard InChI is InChI=1S/C19H21NO3/c1-22-18-9-7-14(8-10-18)11-17-12-15-5-3-4-6-16(15)13-20(17)19(21)23-2/h3-10,17H,11-13H2,1-2H3/t17-/m0/s1. The zero-order chi connectivity index (χ0) is 16.2. The maximum absolute atomic E-state index is 12.2. The van der Waals surface area contributed by atoms with Gasteiger partial charge in [-0.05, 0) is 41.7 Å². The lowest BCUT2D eigenvalue weighted by Gasteiger charge is -2.36. The van der Waals surface area contributed by atoms with Gasteiger partial charge in [0, 0.05) is 12.6 Å². The molecular formula is C19H21NO3. The van der Waals surface area contributed by atoms with E-state index in [2.05, 4.69) is 30.3 Å². The second kappa shape index (κ2) is 6.73. The number of ether oxygens (including phenoxy) is 2. The summed E-state index contributed by atoms with van der Waals surface area (Å²) in [5.41, 5.74) is 3.69. The minimum Gasteiger partial charge on any atom is -0.497 e. The van der Waals surface area contributed by atoms with Crippen LogP contribution >= 0.6 is 0 Å². The molecule has 2 aromatic carbocycles. The van der Waals surface area contributed by atoms with Crippen molar-refractivity contribution in [1.82, 2.24) is 4.90 Å². The summed E-state index contributed by atoms with van der Waals surface area (Å²) in [4.78, 5) is 14.0. The normalized spacial score (nSPS) is 16.6. The van der Waals surface area contributed by atoms with Crippen molar-refractivity contribution >= 4 is 6.09 Å². The number of fused-ring (bicyclic) bond motifs is 1. The van der Waals surface area contributed by atoms with Gasteiger partial charge in [0.05, 0.1) is 14.2 Å². The predicted octanol–water partition coefficient (Wildman–Crippen LogP) is 3.43. The van der Waals surface area contributed by atoms with E-state index in [1.54, 1.807) is 7.11 Å². The molecule has 0 unspecified atom stereocenters. The molecule has 0 saturated carbocycles. The smallest absolute Gasteiger partial charge is 0.410 e. The Morgan fingerprint density at radius 1 is 1.09 bits per heavy atom. The van der Waals surface area contributed by atoms with Gasteiger partial charge in [-0.25, -0.2) is 4.79 Å². The Balaban J connectivity index is 1.83. The summed E-state index contributed by atoms with van der Waals surface area (Å²) in [6, 6.07) is 16.4. The summed E-state index contributed by atoms with van der Waals surface area (Å²) in [5.74, 6) is 0.840. The summed E-state index contributed by atoms with van der Waals surface area (Å²) in [5, 5.41) is 0. The van der Waals surface area contributed by atoms with Gasteiger partial charge in [0.25, 0.3) is 0 Å². The molecule has 23 heavy (non-hydrogen) atoms. The molecule has 0 aromatic heterocycles. The number of benzene rings is 2. The van der Waals surface area contributed by atoms with E-state index in [0.29, 0.717) is 6.54 Å². The van der Waals surface area contributed by atoms with Gasteiger partial charge in [-0.2, -0.15) is 0 Å². The van der Waals surface area contributed by atoms with Gasteiger partial charge in [0.15, 0.2) is 0 Å². The van der Waals surface area contributed by atoms with E-state index in [1.807, 2.05) is 23.1 Å². The molecule has 1 amide bonds. The molecule has 0 bridgehead atoms. The first-order valence-electron chi connectivity index (χ1n) is 7.75. The minimum absolute atomic E-state index is 0.103. The molecule has 0 N–H and O–H groups in total. The molecule has 4 heteroatoms. The molecule has 2 aromatic rings. The summed E-state index contributed by atoms with van der Waals surface area (Å²) in [6.45, 7) is 0.601. The zero-order valence-electron chi connectivity index (χ0n) is 13.5. The van der Waals surface area contributed by atoms with Gasteiger partial charge >= 0.3 is 6.09 Å². The van der Waals surface area contributed by atoms with Gasteiger partial charge in [-0.3, -0.25) is 0 Å². The third-order valence-corrected chi connectivity index (χ3v) is 4.39. The molecule has 1 atom stereocenters. The number of hydrogen-bond acceptors (Lipinski definition) is 3. The summed E-state index contributed by atoms with van der Waals surface area (Å²) >= 11 is 0. The Bertz CT molecular complexity index is 681. The van der Waals surface area contributed by atoms with Crippen molar-refractivity contribution in [3.63, 3.8) is 0 Å². The number of methoxy groups -OCH3 is 2. The molecule has 0 spiro atoms. The topological polar surface area (TPSA) is 38.8 Å². The fraction of sp³-hybridized carbons (Fsp3) is 0.316. The molecule has 3 rings (SSSR count). The van der Waals surface area contributed by atoms with E-state index < -0.39 is 0 Å². The monoisotopic (exact) mass is 311 g/mol. The summed E-state index contributed by atoms with van der Waals surface area (Å²) in [7, 11) is 3.10. The van der Waals surface area contributed by atoms with E-state index in [0.717, 1.165) is 18.6 Å². The lowest BCUT2D eigenvalue weighted by Crippen LogP contribution is -2.45. The van der Waals surface area contributed by atoms with Crippen LogP contribution in [0.1, 0.15) is 16.7 Å². The second-order valence-corrected chi connectivity index (χ2v) is 5.78. The van der Waals surface area contributed by atoms with E-state index in [4.69, 9.17) is 9.47 Å². The van der Waals surface area contributed by atoms with Crippen molar-refractivity contribution in [2.24, 2.45) is 0 Å². The number of amides is 1. The molecule has 1 aliphatic rings. The molecule has 0 fully saturated rings. The third-order valence-electron chi connectivity index (χ3n) is 4.39. The Labute approximate surface area is 136 Å². The Hall–Kier alpha value is -2.49. The van der Waals surface area contributed by atoms with Crippen LogP contribution < -0.4 is 4.74 Å². The van der Waals surface area contributed by atoms with Crippen LogP contribution in [0.15, 0.2) is 48.5 Å². The van der Waals surface area contributed by atoms with Crippen molar-refractivity contribution in [2.45, 2.75) is 25.4 Å². The summed E-state index contributed by atoms with van der Waals surface area (Å²) < 4.78 is 10.2. The Kier molecular flexibility index (Phi) is 4.51. The molecule has 1 heterocycles. The first kappa shape index (κ1) is 15.4. The largest absolute Gasteiger partial charge is 0.497 e. The highest BCUT2D eigenvalue weighted by Crippen LogP contribution is 2.26. The lowest BCUT2D eigenvalue weighted by molar-refractivity contribution is 0.0960. The highest BCUT2D eigenvalue weighted by Gasteiger charge is 2.30. The first-order valence-corrected chi connectivity index (χ1v) is 7.75. The summed E-state index contributed by atoms with van der Waals surface area (Å²) in [6.07, 6.45) is 1.38. The molecule has 120 valence electrons. The number of hydrogen-bond donors (Lipinski definition) is 0. The van der Waals surface area contributed by atoms with Crippen LogP contribution in [0.5, 0.6) is 5.75 Å². The highest BCUT2D eigenvalue weighted by molar-refractivity contribution is 5.68. The fourth-order valence-corrected chi connectivity index (χ4v) is 3.13. The van der Waals surface area contributed by atoms with Gasteiger partial charge in [-0.15, -0.1) is 0 Å². The van der Waals surface area contributed by atoms with Crippen molar-refractivity contribution in [3.8, 4) is 5.75 Å². The molecule has 0 saturated heterocycles. The van der Waals surface area contributed by atoms with Crippen LogP contribution in [0, 0.1) is 0 Å². The second-order valence-electron chi connectivity index (χ2n) is 5.78. The van der Waals surface area contributed by atoms with E-state index in [1.165, 1.54) is 23.8 Å². The van der Waals surface area contributed by atoms with Gasteiger partial charge in [-0.1, -0.05) is 36.4 Å². The van der Waals surface area contributed by atoms with Gasteiger partial charge in [0.2, 0.25) is 0 Å². The predicted molar refractivity (Wildman–Crippen MR) is 88.6 cm³/mol. The van der Waals surface area contributed by atoms with Crippen LogP contribution in [0.4, 0.5) is 4.79 Å². The first-order chi connectivity index (χ1) is 11.2. The zero-order valence-corrected chi connectivity index (χ0v) is 13.5. The van der Waals surface area contributed by atoms with E-state index >= 15 is 0 Å². The van der Waals surface area contributed by atoms with Gasteiger partial charge < -0.3 is 14.4 Å². The highest BCUT2D eigenvalue weighted by atomic mass is 16.5. The Morgan fingerprint density at radius 3 is 2.43 bits per heavy atom. The number of carbonyl (C=O) groups excluding carboxylic acids is 1. The number of nitrogens with zero attached hydrogens (tertiary/aromatic N) is 1. The van der Waals surface area contributed by atoms with Crippen LogP contribution in [0.2, 0.25) is 0 Å². The van der Waals surface area contributed by atoms with E-state index in [-0.39, 0.29) is 12.1 Å². The van der Waals surface area contributed by atoms with E-state index in [9.17, 15) is 4.79 Å². The molecule has 0 aliphatic carbocycles. The average molecular weight is 311 g/mol. The number of carbonyl (C=O) groups is 1. The van der Waals surface area contributed by atoms with Gasteiger partial charge in [0.1, 0.15) is 5.75 Å². The van der Waals surface area contributed by atoms with Crippen LogP contribution in [0.3, 0.4) is 0 Å². The van der Waals surface area contributed by atoms with Crippen LogP contribution in [-0.4, -0.2) is 31.3 Å². The van der Waals surface area contributed by atoms with Crippen LogP contribution in [-0.2, 0) is 24.1 Å². The van der Waals surface area contributed by atoms with Crippen molar-refractivity contribution < 1.29 is 14.3 Å². The molecular weight excluding hydrogens is 290 g/mol. The fourth-order valence-electron chi connectivity index (χ4n) is 3.13. The minimum atomic E-state index is -0.266. The number of rotatable bonds is 3.